The second-order valence-electron chi connectivity index (χ2n) is 12.9. The van der Waals surface area contributed by atoms with Crippen LogP contribution in [-0.2, 0) is 30.0 Å². The molecule has 234 valence electrons. The fraction of sp³-hybridized carbons (Fsp3) is 0.294. The summed E-state index contributed by atoms with van der Waals surface area (Å²) in [5.41, 5.74) is 4.61. The molecule has 47 heavy (non-hydrogen) atoms. The van der Waals surface area contributed by atoms with E-state index in [9.17, 15) is 29.7 Å². The molecule has 3 aromatic rings. The molecule has 3 aromatic heterocycles. The van der Waals surface area contributed by atoms with Gasteiger partial charge in [0.1, 0.15) is 44.7 Å². The molecule has 10 nitrogen and oxygen atoms in total. The van der Waals surface area contributed by atoms with Crippen molar-refractivity contribution >= 4 is 79.1 Å². The van der Waals surface area contributed by atoms with E-state index in [2.05, 4.69) is 37.7 Å². The first-order chi connectivity index (χ1) is 22.1. The van der Waals surface area contributed by atoms with Crippen molar-refractivity contribution < 1.29 is 19.2 Å². The molecular weight excluding hydrogens is 653 g/mol. The Morgan fingerprint density at radius 3 is 1.32 bits per heavy atom. The lowest BCUT2D eigenvalue weighted by Gasteiger charge is -2.28. The van der Waals surface area contributed by atoms with E-state index in [1.165, 1.54) is 47.9 Å². The van der Waals surface area contributed by atoms with Gasteiger partial charge in [-0.25, -0.2) is 9.98 Å². The summed E-state index contributed by atoms with van der Waals surface area (Å²) in [5, 5.41) is 20.3. The van der Waals surface area contributed by atoms with Crippen molar-refractivity contribution in [3.05, 3.63) is 56.7 Å². The highest BCUT2D eigenvalue weighted by Gasteiger charge is 2.50. The van der Waals surface area contributed by atoms with Gasteiger partial charge in [-0.1, -0.05) is 27.7 Å². The second kappa shape index (κ2) is 9.84. The summed E-state index contributed by atoms with van der Waals surface area (Å²) in [5.74, 6) is -2.33. The maximum atomic E-state index is 13.0. The molecule has 0 bridgehead atoms. The third-order valence-electron chi connectivity index (χ3n) is 9.53. The average Bonchev–Trinajstić information content (AvgIpc) is 3.80. The molecule has 13 heteroatoms. The van der Waals surface area contributed by atoms with Crippen molar-refractivity contribution in [1.82, 2.24) is 9.80 Å². The molecule has 0 saturated carbocycles. The SMILES string of the molecule is CC1=C(C#N)C(=O)N(C)C(=O)C1=Nc1cc2c(s1)-c1sc3c(c1C2(C)C)C(C)(C)c1cc(N=C2C(=O)N(C)C(=O)C(C#N)=C2C)sc1-3. The number of likely N-dealkylation sites (N-methyl/N-ethyl adjacent to an activating group) is 2. The molecule has 7 rings (SSSR count). The quantitative estimate of drug-likeness (QED) is 0.291. The highest BCUT2D eigenvalue weighted by molar-refractivity contribution is 7.29. The van der Waals surface area contributed by atoms with Crippen molar-refractivity contribution in [3.8, 4) is 31.6 Å². The smallest absolute Gasteiger partial charge is 0.276 e. The molecule has 0 N–H and O–H groups in total. The van der Waals surface area contributed by atoms with Crippen LogP contribution >= 0.6 is 34.0 Å². The summed E-state index contributed by atoms with van der Waals surface area (Å²) in [6.07, 6.45) is 0. The van der Waals surface area contributed by atoms with Crippen LogP contribution in [0.3, 0.4) is 0 Å². The number of carbonyl (C=O) groups is 4. The van der Waals surface area contributed by atoms with Crippen molar-refractivity contribution in [3.63, 3.8) is 0 Å². The Kier molecular flexibility index (Phi) is 6.45. The van der Waals surface area contributed by atoms with Crippen LogP contribution in [0.25, 0.3) is 19.5 Å². The van der Waals surface area contributed by atoms with Gasteiger partial charge in [0.15, 0.2) is 0 Å². The fourth-order valence-corrected chi connectivity index (χ4v) is 11.1. The number of imide groups is 2. The molecule has 0 radical (unpaired) electrons. The summed E-state index contributed by atoms with van der Waals surface area (Å²) >= 11 is 4.69. The average molecular weight is 679 g/mol. The van der Waals surface area contributed by atoms with E-state index in [4.69, 9.17) is 0 Å². The Balaban J connectivity index is 1.33. The zero-order chi connectivity index (χ0) is 34.1. The zero-order valence-corrected chi connectivity index (χ0v) is 29.1. The highest BCUT2D eigenvalue weighted by Crippen LogP contribution is 2.67. The molecule has 0 spiro atoms. The van der Waals surface area contributed by atoms with Crippen molar-refractivity contribution in [2.24, 2.45) is 9.98 Å². The molecule has 5 heterocycles. The van der Waals surface area contributed by atoms with E-state index >= 15 is 0 Å². The summed E-state index contributed by atoms with van der Waals surface area (Å²) < 4.78 is 0. The van der Waals surface area contributed by atoms with Gasteiger partial charge in [-0.15, -0.1) is 34.0 Å². The molecule has 2 aliphatic heterocycles. The third kappa shape index (κ3) is 3.91. The van der Waals surface area contributed by atoms with E-state index in [-0.39, 0.29) is 44.5 Å². The van der Waals surface area contributed by atoms with Gasteiger partial charge in [0, 0.05) is 45.8 Å². The Hall–Kier alpha value is -4.82. The predicted molar refractivity (Wildman–Crippen MR) is 182 cm³/mol. The van der Waals surface area contributed by atoms with Gasteiger partial charge in [0.25, 0.3) is 23.6 Å². The normalized spacial score (nSPS) is 21.1. The fourth-order valence-electron chi connectivity index (χ4n) is 6.81. The van der Waals surface area contributed by atoms with Crippen LogP contribution in [0.4, 0.5) is 10.0 Å². The first-order valence-corrected chi connectivity index (χ1v) is 17.0. The van der Waals surface area contributed by atoms with Crippen molar-refractivity contribution in [2.45, 2.75) is 52.4 Å². The molecule has 0 saturated heterocycles. The molecule has 4 aliphatic rings. The van der Waals surface area contributed by atoms with Gasteiger partial charge >= 0.3 is 0 Å². The minimum Gasteiger partial charge on any atom is -0.276 e. The maximum Gasteiger partial charge on any atom is 0.279 e. The lowest BCUT2D eigenvalue weighted by Crippen LogP contribution is -2.44. The third-order valence-corrected chi connectivity index (χ3v) is 13.1. The Morgan fingerprint density at radius 2 is 0.979 bits per heavy atom. The van der Waals surface area contributed by atoms with Gasteiger partial charge < -0.3 is 0 Å². The van der Waals surface area contributed by atoms with Gasteiger partial charge in [0.2, 0.25) is 0 Å². The number of carbonyl (C=O) groups excluding carboxylic acids is 4. The van der Waals surface area contributed by atoms with Gasteiger partial charge in [-0.3, -0.25) is 29.0 Å². The number of thiophene rings is 3. The monoisotopic (exact) mass is 678 g/mol. The minimum atomic E-state index is -0.627. The number of aliphatic imine (C=N–C) groups is 2. The summed E-state index contributed by atoms with van der Waals surface area (Å²) in [7, 11) is 2.71. The molecule has 4 amide bonds. The van der Waals surface area contributed by atoms with E-state index in [0.717, 1.165) is 40.4 Å². The topological polar surface area (TPSA) is 147 Å². The van der Waals surface area contributed by atoms with Gasteiger partial charge in [-0.05, 0) is 48.2 Å². The first kappa shape index (κ1) is 30.8. The number of rotatable bonds is 2. The van der Waals surface area contributed by atoms with Gasteiger partial charge in [0.05, 0.1) is 9.75 Å². The van der Waals surface area contributed by atoms with Crippen LogP contribution in [0.15, 0.2) is 44.4 Å². The van der Waals surface area contributed by atoms with E-state index < -0.39 is 23.6 Å². The largest absolute Gasteiger partial charge is 0.279 e. The van der Waals surface area contributed by atoms with Crippen LogP contribution in [0, 0.1) is 22.7 Å². The van der Waals surface area contributed by atoms with Crippen LogP contribution in [-0.4, -0.2) is 58.9 Å². The Morgan fingerprint density at radius 1 is 0.617 bits per heavy atom. The van der Waals surface area contributed by atoms with E-state index in [1.54, 1.807) is 25.2 Å². The van der Waals surface area contributed by atoms with Crippen molar-refractivity contribution in [2.75, 3.05) is 14.1 Å². The number of hydrogen-bond acceptors (Lipinski definition) is 11. The highest BCUT2D eigenvalue weighted by atomic mass is 32.1. The van der Waals surface area contributed by atoms with E-state index in [1.807, 2.05) is 24.3 Å². The Labute approximate surface area is 282 Å². The van der Waals surface area contributed by atoms with Crippen LogP contribution in [0.5, 0.6) is 0 Å². The summed E-state index contributed by atoms with van der Waals surface area (Å²) in [6.45, 7) is 11.9. The minimum absolute atomic E-state index is 0.0872. The van der Waals surface area contributed by atoms with Crippen LogP contribution < -0.4 is 0 Å². The standard InChI is InChI=1S/C34H26N6O4S3/c1-13-15(11-35)29(41)39(7)31(43)23(13)37-19-9-17-25(45-19)27-21(33(17,3)4)22-28(47-27)26-18(34(22,5)6)10-20(46-26)38-24-14(2)16(12-36)30(42)40(8)32(24)44/h9-10H,1-8H3. The van der Waals surface area contributed by atoms with Crippen LogP contribution in [0.2, 0.25) is 0 Å². The molecular formula is C34H26N6O4S3. The first-order valence-electron chi connectivity index (χ1n) is 14.6. The number of nitriles is 2. The number of nitrogens with zero attached hydrogens (tertiary/aromatic N) is 6. The van der Waals surface area contributed by atoms with E-state index in [0.29, 0.717) is 10.0 Å². The maximum absolute atomic E-state index is 13.0. The molecule has 2 aliphatic carbocycles. The number of hydrogen-bond donors (Lipinski definition) is 0. The zero-order valence-electron chi connectivity index (χ0n) is 26.7. The lowest BCUT2D eigenvalue weighted by molar-refractivity contribution is -0.138. The second-order valence-corrected chi connectivity index (χ2v) is 16.0. The summed E-state index contributed by atoms with van der Waals surface area (Å²) in [6, 6.07) is 7.85. The van der Waals surface area contributed by atoms with Crippen LogP contribution in [0.1, 0.15) is 63.8 Å². The molecule has 0 aromatic carbocycles. The molecule has 0 fully saturated rings. The Bertz CT molecular complexity index is 2150. The lowest BCUT2D eigenvalue weighted by atomic mass is 9.74. The molecule has 0 unspecified atom stereocenters. The predicted octanol–water partition coefficient (Wildman–Crippen LogP) is 6.31. The van der Waals surface area contributed by atoms with Crippen molar-refractivity contribution in [1.29, 1.82) is 10.5 Å². The summed E-state index contributed by atoms with van der Waals surface area (Å²) in [4.78, 5) is 66.5. The molecule has 0 atom stereocenters. The number of amides is 4. The van der Waals surface area contributed by atoms with Gasteiger partial charge in [-0.2, -0.15) is 10.5 Å². The number of fused-ring (bicyclic) bond motifs is 7.